The normalized spacial score (nSPS) is 14.8. The van der Waals surface area contributed by atoms with Gasteiger partial charge in [0.1, 0.15) is 12.2 Å². The Morgan fingerprint density at radius 1 is 0.490 bits per heavy atom. The zero-order chi connectivity index (χ0) is 36.0. The molecule has 0 aromatic heterocycles. The van der Waals surface area contributed by atoms with Crippen molar-refractivity contribution < 1.29 is 25.2 Å². The van der Waals surface area contributed by atoms with E-state index in [1.54, 1.807) is 0 Å². The monoisotopic (exact) mass is 690 g/mol. The molecule has 5 N–H and O–H groups in total. The molecule has 0 saturated carbocycles. The van der Waals surface area contributed by atoms with Crippen LogP contribution < -0.4 is 5.32 Å². The molecule has 6 heteroatoms. The lowest BCUT2D eigenvalue weighted by Gasteiger charge is -2.27. The van der Waals surface area contributed by atoms with Crippen molar-refractivity contribution in [3.8, 4) is 0 Å². The lowest BCUT2D eigenvalue weighted by molar-refractivity contribution is -0.132. The maximum Gasteiger partial charge on any atom is 0.249 e. The molecule has 0 fully saturated rings. The highest BCUT2D eigenvalue weighted by molar-refractivity contribution is 5.80. The van der Waals surface area contributed by atoms with E-state index in [0.29, 0.717) is 19.3 Å². The Hall–Kier alpha value is -1.73. The molecule has 0 radical (unpaired) electrons. The van der Waals surface area contributed by atoms with Crippen molar-refractivity contribution in [3.63, 3.8) is 0 Å². The molecule has 49 heavy (non-hydrogen) atoms. The summed E-state index contributed by atoms with van der Waals surface area (Å²) in [7, 11) is 0. The van der Waals surface area contributed by atoms with Gasteiger partial charge in [0.05, 0.1) is 18.8 Å². The molecule has 6 nitrogen and oxygen atoms in total. The summed E-state index contributed by atoms with van der Waals surface area (Å²) in [4.78, 5) is 12.3. The van der Waals surface area contributed by atoms with E-state index in [2.05, 4.69) is 61.7 Å². The van der Waals surface area contributed by atoms with Crippen molar-refractivity contribution in [2.24, 2.45) is 0 Å². The first-order valence-electron chi connectivity index (χ1n) is 20.5. The Morgan fingerprint density at radius 2 is 0.857 bits per heavy atom. The summed E-state index contributed by atoms with van der Waals surface area (Å²) in [6.45, 7) is 3.95. The van der Waals surface area contributed by atoms with E-state index in [1.165, 1.54) is 103 Å². The van der Waals surface area contributed by atoms with Crippen LogP contribution in [0.4, 0.5) is 0 Å². The van der Waals surface area contributed by atoms with E-state index in [1.807, 2.05) is 6.08 Å². The third-order valence-corrected chi connectivity index (χ3v) is 9.23. The highest BCUT2D eigenvalue weighted by Crippen LogP contribution is 2.14. The first-order chi connectivity index (χ1) is 24.0. The first-order valence-corrected chi connectivity index (χ1v) is 20.5. The second-order valence-electron chi connectivity index (χ2n) is 13.9. The van der Waals surface area contributed by atoms with Gasteiger partial charge in [-0.25, -0.2) is 0 Å². The molecule has 0 bridgehead atoms. The number of hydrogen-bond acceptors (Lipinski definition) is 5. The number of unbranched alkanes of at least 4 members (excludes halogenated alkanes) is 19. The van der Waals surface area contributed by atoms with Crippen molar-refractivity contribution in [2.45, 2.75) is 212 Å². The van der Waals surface area contributed by atoms with Crippen molar-refractivity contribution in [1.82, 2.24) is 5.32 Å². The topological polar surface area (TPSA) is 110 Å². The van der Waals surface area contributed by atoms with Crippen LogP contribution in [0.5, 0.6) is 0 Å². The molecule has 0 spiro atoms. The molecule has 1 amide bonds. The summed E-state index contributed by atoms with van der Waals surface area (Å²) in [5.74, 6) is -0.639. The Bertz CT molecular complexity index is 823. The second-order valence-corrected chi connectivity index (χ2v) is 13.9. The van der Waals surface area contributed by atoms with Crippen molar-refractivity contribution in [3.05, 3.63) is 48.6 Å². The average Bonchev–Trinajstić information content (AvgIpc) is 3.11. The van der Waals surface area contributed by atoms with Crippen molar-refractivity contribution >= 4 is 5.91 Å². The number of carbonyl (C=O) groups excluding carboxylic acids is 1. The summed E-state index contributed by atoms with van der Waals surface area (Å²) in [6.07, 6.45) is 44.6. The molecular formula is C43H79NO5. The van der Waals surface area contributed by atoms with Gasteiger partial charge in [0.2, 0.25) is 5.91 Å². The molecule has 0 aliphatic heterocycles. The van der Waals surface area contributed by atoms with Gasteiger partial charge in [0, 0.05) is 0 Å². The molecule has 0 saturated heterocycles. The summed E-state index contributed by atoms with van der Waals surface area (Å²) in [6, 6.07) is -1.02. The van der Waals surface area contributed by atoms with Gasteiger partial charge in [-0.2, -0.15) is 0 Å². The standard InChI is InChI=1S/C43H79NO5/c1-3-5-7-9-11-13-14-15-16-17-18-19-20-21-22-23-24-25-26-27-28-29-31-32-34-36-40(46)42(48)39(38-45)44-43(49)41(47)37-35-33-30-12-10-8-6-4-2/h21-22,25-26,29-31,33,39-42,45-48H,3-20,23-24,27-28,32,34-38H2,1-2H3,(H,44,49)/b22-21+,26-25+,31-29+,33-30-. The van der Waals surface area contributed by atoms with Crippen LogP contribution in [0.3, 0.4) is 0 Å². The van der Waals surface area contributed by atoms with E-state index in [-0.39, 0.29) is 6.42 Å². The van der Waals surface area contributed by atoms with Crippen LogP contribution in [-0.2, 0) is 4.79 Å². The predicted molar refractivity (Wildman–Crippen MR) is 210 cm³/mol. The number of hydrogen-bond donors (Lipinski definition) is 5. The highest BCUT2D eigenvalue weighted by Gasteiger charge is 2.28. The largest absolute Gasteiger partial charge is 0.394 e. The first kappa shape index (κ1) is 47.3. The number of aliphatic hydroxyl groups excluding tert-OH is 4. The fourth-order valence-electron chi connectivity index (χ4n) is 5.91. The Morgan fingerprint density at radius 3 is 1.31 bits per heavy atom. The zero-order valence-corrected chi connectivity index (χ0v) is 31.9. The van der Waals surface area contributed by atoms with Crippen LogP contribution in [0.15, 0.2) is 48.6 Å². The molecule has 286 valence electrons. The Kier molecular flexibility index (Phi) is 36.2. The fourth-order valence-corrected chi connectivity index (χ4v) is 5.91. The smallest absolute Gasteiger partial charge is 0.249 e. The molecule has 4 atom stereocenters. The van der Waals surface area contributed by atoms with Gasteiger partial charge in [-0.05, 0) is 83.5 Å². The van der Waals surface area contributed by atoms with Gasteiger partial charge in [-0.3, -0.25) is 4.79 Å². The predicted octanol–water partition coefficient (Wildman–Crippen LogP) is 10.3. The van der Waals surface area contributed by atoms with Gasteiger partial charge >= 0.3 is 0 Å². The molecule has 0 aliphatic carbocycles. The van der Waals surface area contributed by atoms with Gasteiger partial charge in [0.25, 0.3) is 0 Å². The van der Waals surface area contributed by atoms with Crippen LogP contribution >= 0.6 is 0 Å². The van der Waals surface area contributed by atoms with Crippen LogP contribution in [0.1, 0.15) is 187 Å². The van der Waals surface area contributed by atoms with Crippen molar-refractivity contribution in [2.75, 3.05) is 6.61 Å². The van der Waals surface area contributed by atoms with Gasteiger partial charge in [0.15, 0.2) is 0 Å². The molecular weight excluding hydrogens is 610 g/mol. The van der Waals surface area contributed by atoms with Gasteiger partial charge in [-0.1, -0.05) is 152 Å². The number of amides is 1. The minimum atomic E-state index is -1.30. The summed E-state index contributed by atoms with van der Waals surface area (Å²) >= 11 is 0. The molecule has 0 aliphatic rings. The Balaban J connectivity index is 3.81. The Labute approximate surface area is 302 Å². The zero-order valence-electron chi connectivity index (χ0n) is 31.9. The minimum absolute atomic E-state index is 0.271. The number of allylic oxidation sites excluding steroid dienone is 8. The fraction of sp³-hybridized carbons (Fsp3) is 0.791. The van der Waals surface area contributed by atoms with Crippen molar-refractivity contribution in [1.29, 1.82) is 0 Å². The summed E-state index contributed by atoms with van der Waals surface area (Å²) in [5, 5.41) is 43.2. The number of carbonyl (C=O) groups is 1. The third kappa shape index (κ3) is 32.0. The maximum absolute atomic E-state index is 12.3. The number of nitrogens with one attached hydrogen (secondary N) is 1. The lowest BCUT2D eigenvalue weighted by Crippen LogP contribution is -2.53. The molecule has 0 heterocycles. The molecule has 0 aromatic carbocycles. The van der Waals surface area contributed by atoms with E-state index >= 15 is 0 Å². The number of aliphatic hydroxyl groups is 4. The van der Waals surface area contributed by atoms with E-state index < -0.39 is 36.9 Å². The molecule has 0 rings (SSSR count). The minimum Gasteiger partial charge on any atom is -0.394 e. The van der Waals surface area contributed by atoms with Crippen LogP contribution in [0.25, 0.3) is 0 Å². The average molecular weight is 690 g/mol. The molecule has 0 aromatic rings. The quantitative estimate of drug-likeness (QED) is 0.0332. The molecule has 4 unspecified atom stereocenters. The van der Waals surface area contributed by atoms with Crippen LogP contribution in [0.2, 0.25) is 0 Å². The van der Waals surface area contributed by atoms with E-state index in [4.69, 9.17) is 0 Å². The van der Waals surface area contributed by atoms with Crippen LogP contribution in [-0.4, -0.2) is 57.3 Å². The van der Waals surface area contributed by atoms with Gasteiger partial charge < -0.3 is 25.7 Å². The maximum atomic E-state index is 12.3. The lowest BCUT2D eigenvalue weighted by atomic mass is 10.0. The summed E-state index contributed by atoms with van der Waals surface area (Å²) in [5.41, 5.74) is 0. The van der Waals surface area contributed by atoms with E-state index in [0.717, 1.165) is 44.9 Å². The van der Waals surface area contributed by atoms with Crippen LogP contribution in [0, 0.1) is 0 Å². The number of rotatable bonds is 36. The second kappa shape index (κ2) is 37.5. The SMILES string of the molecule is CCCCCC/C=C\CCC(O)C(=O)NC(CO)C(O)C(O)CCC/C=C/CC/C=C/CC/C=C/CCCCCCCCCCCCCC. The van der Waals surface area contributed by atoms with Gasteiger partial charge in [-0.15, -0.1) is 0 Å². The summed E-state index contributed by atoms with van der Waals surface area (Å²) < 4.78 is 0. The highest BCUT2D eigenvalue weighted by atomic mass is 16.3. The third-order valence-electron chi connectivity index (χ3n) is 9.23. The van der Waals surface area contributed by atoms with E-state index in [9.17, 15) is 25.2 Å².